The first kappa shape index (κ1) is 20.2. The molecule has 0 bridgehead atoms. The molecule has 150 valence electrons. The van der Waals surface area contributed by atoms with Gasteiger partial charge in [-0.1, -0.05) is 44.2 Å². The van der Waals surface area contributed by atoms with Crippen LogP contribution in [0.3, 0.4) is 0 Å². The van der Waals surface area contributed by atoms with E-state index < -0.39 is 0 Å². The topological polar surface area (TPSA) is 72.5 Å². The molecule has 2 aromatic carbocycles. The van der Waals surface area contributed by atoms with E-state index in [0.717, 1.165) is 5.69 Å². The van der Waals surface area contributed by atoms with Gasteiger partial charge in [0.25, 0.3) is 5.91 Å². The van der Waals surface area contributed by atoms with Crippen molar-refractivity contribution in [3.63, 3.8) is 0 Å². The summed E-state index contributed by atoms with van der Waals surface area (Å²) in [5.74, 6) is 1.94. The molecule has 29 heavy (non-hydrogen) atoms. The molecular weight excluding hydrogens is 366 g/mol. The summed E-state index contributed by atoms with van der Waals surface area (Å²) in [4.78, 5) is 16.5. The van der Waals surface area contributed by atoms with Crippen molar-refractivity contribution < 1.29 is 14.3 Å². The highest BCUT2D eigenvalue weighted by Crippen LogP contribution is 2.27. The summed E-state index contributed by atoms with van der Waals surface area (Å²) in [6.45, 7) is 4.18. The summed E-state index contributed by atoms with van der Waals surface area (Å²) < 4.78 is 10.7. The molecule has 0 unspecified atom stereocenters. The zero-order chi connectivity index (χ0) is 20.6. The number of pyridine rings is 1. The Hall–Kier alpha value is -3.54. The highest BCUT2D eigenvalue weighted by Gasteiger charge is 2.09. The van der Waals surface area contributed by atoms with E-state index in [4.69, 9.17) is 9.47 Å². The quantitative estimate of drug-likeness (QED) is 0.567. The average molecular weight is 391 g/mol. The Labute approximate surface area is 170 Å². The number of nitrogens with zero attached hydrogens (tertiary/aromatic N) is 1. The summed E-state index contributed by atoms with van der Waals surface area (Å²) in [5, 5.41) is 6.11. The number of ether oxygens (including phenoxy) is 2. The fraction of sp³-hybridized carbons (Fsp3) is 0.217. The summed E-state index contributed by atoms with van der Waals surface area (Å²) in [6, 6.07) is 19.0. The van der Waals surface area contributed by atoms with E-state index in [9.17, 15) is 4.79 Å². The standard InChI is InChI=1S/C23H25N3O3/c1-16(2)18-8-4-5-9-19(18)26-22-13-12-17(14-24-22)25-23(27)15-29-21-11-7-6-10-20(21)28-3/h4-14,16H,15H2,1-3H3,(H,24,26)(H,25,27). The second-order valence-corrected chi connectivity index (χ2v) is 6.79. The van der Waals surface area contributed by atoms with Gasteiger partial charge in [0.05, 0.1) is 19.0 Å². The van der Waals surface area contributed by atoms with Crippen LogP contribution in [0, 0.1) is 0 Å². The number of carbonyl (C=O) groups is 1. The molecule has 0 spiro atoms. The first-order valence-corrected chi connectivity index (χ1v) is 9.44. The molecule has 6 nitrogen and oxygen atoms in total. The van der Waals surface area contributed by atoms with E-state index in [1.807, 2.05) is 36.4 Å². The average Bonchev–Trinajstić information content (AvgIpc) is 2.74. The number of carbonyl (C=O) groups excluding carboxylic acids is 1. The van der Waals surface area contributed by atoms with Crippen LogP contribution in [-0.4, -0.2) is 24.6 Å². The number of amides is 1. The van der Waals surface area contributed by atoms with Crippen molar-refractivity contribution in [2.45, 2.75) is 19.8 Å². The fourth-order valence-electron chi connectivity index (χ4n) is 2.87. The molecule has 3 rings (SSSR count). The van der Waals surface area contributed by atoms with Gasteiger partial charge >= 0.3 is 0 Å². The Morgan fingerprint density at radius 1 is 1.00 bits per heavy atom. The third kappa shape index (κ3) is 5.48. The Bertz CT molecular complexity index is 956. The van der Waals surface area contributed by atoms with Gasteiger partial charge in [0.2, 0.25) is 0 Å². The molecule has 1 amide bonds. The molecule has 0 aliphatic carbocycles. The van der Waals surface area contributed by atoms with Crippen molar-refractivity contribution in [3.8, 4) is 11.5 Å². The number of nitrogens with one attached hydrogen (secondary N) is 2. The lowest BCUT2D eigenvalue weighted by Crippen LogP contribution is -2.20. The Kier molecular flexibility index (Phi) is 6.68. The van der Waals surface area contributed by atoms with Gasteiger partial charge in [0.15, 0.2) is 18.1 Å². The van der Waals surface area contributed by atoms with Gasteiger partial charge in [-0.15, -0.1) is 0 Å². The van der Waals surface area contributed by atoms with Gasteiger partial charge in [-0.25, -0.2) is 4.98 Å². The molecule has 3 aromatic rings. The van der Waals surface area contributed by atoms with Crippen LogP contribution in [0.25, 0.3) is 0 Å². The predicted molar refractivity (Wildman–Crippen MR) is 115 cm³/mol. The number of hydrogen-bond donors (Lipinski definition) is 2. The number of methoxy groups -OCH3 is 1. The molecular formula is C23H25N3O3. The molecule has 0 radical (unpaired) electrons. The first-order chi connectivity index (χ1) is 14.1. The van der Waals surface area contributed by atoms with Crippen molar-refractivity contribution in [3.05, 3.63) is 72.4 Å². The van der Waals surface area contributed by atoms with Crippen LogP contribution >= 0.6 is 0 Å². The molecule has 0 atom stereocenters. The summed E-state index contributed by atoms with van der Waals surface area (Å²) >= 11 is 0. The number of hydrogen-bond acceptors (Lipinski definition) is 5. The second-order valence-electron chi connectivity index (χ2n) is 6.79. The third-order valence-electron chi connectivity index (χ3n) is 4.32. The first-order valence-electron chi connectivity index (χ1n) is 9.44. The van der Waals surface area contributed by atoms with Crippen LogP contribution in [0.5, 0.6) is 11.5 Å². The normalized spacial score (nSPS) is 10.5. The van der Waals surface area contributed by atoms with Gasteiger partial charge < -0.3 is 20.1 Å². The number of para-hydroxylation sites is 3. The number of rotatable bonds is 8. The maximum Gasteiger partial charge on any atom is 0.262 e. The molecule has 0 aliphatic heterocycles. The van der Waals surface area contributed by atoms with Crippen molar-refractivity contribution >= 4 is 23.1 Å². The SMILES string of the molecule is COc1ccccc1OCC(=O)Nc1ccc(Nc2ccccc2C(C)C)nc1. The van der Waals surface area contributed by atoms with Crippen molar-refractivity contribution in [1.82, 2.24) is 4.98 Å². The van der Waals surface area contributed by atoms with Gasteiger partial charge in [-0.3, -0.25) is 4.79 Å². The van der Waals surface area contributed by atoms with E-state index in [1.165, 1.54) is 5.56 Å². The lowest BCUT2D eigenvalue weighted by Gasteiger charge is -2.14. The summed E-state index contributed by atoms with van der Waals surface area (Å²) in [6.07, 6.45) is 1.61. The second kappa shape index (κ2) is 9.59. The van der Waals surface area contributed by atoms with Crippen LogP contribution in [0.1, 0.15) is 25.3 Å². The number of benzene rings is 2. The number of anilines is 3. The number of aromatic nitrogens is 1. The zero-order valence-corrected chi connectivity index (χ0v) is 16.8. The molecule has 0 saturated carbocycles. The molecule has 2 N–H and O–H groups in total. The summed E-state index contributed by atoms with van der Waals surface area (Å²) in [7, 11) is 1.56. The lowest BCUT2D eigenvalue weighted by molar-refractivity contribution is -0.118. The molecule has 0 saturated heterocycles. The highest BCUT2D eigenvalue weighted by atomic mass is 16.5. The van der Waals surface area contributed by atoms with E-state index in [-0.39, 0.29) is 12.5 Å². The van der Waals surface area contributed by atoms with Crippen molar-refractivity contribution in [1.29, 1.82) is 0 Å². The highest BCUT2D eigenvalue weighted by molar-refractivity contribution is 5.91. The van der Waals surface area contributed by atoms with Crippen LogP contribution in [0.4, 0.5) is 17.2 Å². The minimum Gasteiger partial charge on any atom is -0.493 e. The maximum absolute atomic E-state index is 12.2. The van der Waals surface area contributed by atoms with Crippen molar-refractivity contribution in [2.24, 2.45) is 0 Å². The zero-order valence-electron chi connectivity index (χ0n) is 16.8. The van der Waals surface area contributed by atoms with E-state index in [1.54, 1.807) is 31.5 Å². The summed E-state index contributed by atoms with van der Waals surface area (Å²) in [5.41, 5.74) is 2.85. The minimum atomic E-state index is -0.274. The van der Waals surface area contributed by atoms with E-state index in [0.29, 0.717) is 28.9 Å². The Morgan fingerprint density at radius 2 is 1.72 bits per heavy atom. The van der Waals surface area contributed by atoms with E-state index >= 15 is 0 Å². The Morgan fingerprint density at radius 3 is 2.41 bits per heavy atom. The lowest BCUT2D eigenvalue weighted by atomic mass is 10.0. The molecule has 1 aromatic heterocycles. The minimum absolute atomic E-state index is 0.123. The molecule has 6 heteroatoms. The molecule has 0 aliphatic rings. The smallest absolute Gasteiger partial charge is 0.262 e. The van der Waals surface area contributed by atoms with Crippen molar-refractivity contribution in [2.75, 3.05) is 24.4 Å². The van der Waals surface area contributed by atoms with E-state index in [2.05, 4.69) is 35.5 Å². The van der Waals surface area contributed by atoms with Crippen LogP contribution in [-0.2, 0) is 4.79 Å². The monoisotopic (exact) mass is 391 g/mol. The molecule has 0 fully saturated rings. The van der Waals surface area contributed by atoms with Gasteiger partial charge in [0.1, 0.15) is 5.82 Å². The fourth-order valence-corrected chi connectivity index (χ4v) is 2.87. The largest absolute Gasteiger partial charge is 0.493 e. The van der Waals surface area contributed by atoms with Crippen LogP contribution in [0.15, 0.2) is 66.9 Å². The van der Waals surface area contributed by atoms with Crippen LogP contribution < -0.4 is 20.1 Å². The van der Waals surface area contributed by atoms with Gasteiger partial charge in [-0.05, 0) is 41.8 Å². The predicted octanol–water partition coefficient (Wildman–Crippen LogP) is 4.97. The molecule has 1 heterocycles. The third-order valence-corrected chi connectivity index (χ3v) is 4.32. The van der Waals surface area contributed by atoms with Crippen LogP contribution in [0.2, 0.25) is 0 Å². The van der Waals surface area contributed by atoms with Gasteiger partial charge in [0, 0.05) is 5.69 Å². The maximum atomic E-state index is 12.2. The van der Waals surface area contributed by atoms with Gasteiger partial charge in [-0.2, -0.15) is 0 Å². The Balaban J connectivity index is 1.57.